The highest BCUT2D eigenvalue weighted by atomic mass is 16.5. The van der Waals surface area contributed by atoms with Crippen molar-refractivity contribution in [1.29, 1.82) is 0 Å². The van der Waals surface area contributed by atoms with Crippen molar-refractivity contribution >= 4 is 11.6 Å². The van der Waals surface area contributed by atoms with Gasteiger partial charge >= 0.3 is 0 Å². The molecule has 4 nitrogen and oxygen atoms in total. The van der Waals surface area contributed by atoms with Crippen molar-refractivity contribution < 1.29 is 19.4 Å². The van der Waals surface area contributed by atoms with Crippen LogP contribution in [0.25, 0.3) is 0 Å². The van der Waals surface area contributed by atoms with Crippen LogP contribution in [0.3, 0.4) is 0 Å². The number of carbonyl (C=O) groups excluding carboxylic acids is 2. The van der Waals surface area contributed by atoms with E-state index in [-0.39, 0.29) is 28.6 Å². The summed E-state index contributed by atoms with van der Waals surface area (Å²) >= 11 is 0. The molecule has 17 heavy (non-hydrogen) atoms. The van der Waals surface area contributed by atoms with Gasteiger partial charge in [-0.1, -0.05) is 6.92 Å². The smallest absolute Gasteiger partial charge is 0.228 e. The molecule has 2 rings (SSSR count). The molecular formula is C13H12O4. The number of aromatic hydroxyl groups is 1. The van der Waals surface area contributed by atoms with Gasteiger partial charge in [0.15, 0.2) is 11.5 Å². The minimum Gasteiger partial charge on any atom is -0.508 e. The van der Waals surface area contributed by atoms with Crippen LogP contribution in [0.1, 0.15) is 34.1 Å². The topological polar surface area (TPSA) is 63.6 Å². The van der Waals surface area contributed by atoms with Crippen LogP contribution in [0, 0.1) is 0 Å². The molecule has 88 valence electrons. The molecule has 0 aliphatic heterocycles. The number of carbonyl (C=O) groups is 2. The zero-order valence-electron chi connectivity index (χ0n) is 9.40. The molecular weight excluding hydrogens is 220 g/mol. The van der Waals surface area contributed by atoms with E-state index in [4.69, 9.17) is 4.74 Å². The van der Waals surface area contributed by atoms with Crippen LogP contribution in [0.5, 0.6) is 5.75 Å². The van der Waals surface area contributed by atoms with Crippen molar-refractivity contribution in [3.63, 3.8) is 0 Å². The molecule has 0 fully saturated rings. The first-order valence-corrected chi connectivity index (χ1v) is 5.40. The Labute approximate surface area is 98.5 Å². The van der Waals surface area contributed by atoms with Gasteiger partial charge in [0.05, 0.1) is 6.61 Å². The van der Waals surface area contributed by atoms with Gasteiger partial charge in [-0.15, -0.1) is 0 Å². The second-order valence-corrected chi connectivity index (χ2v) is 3.78. The van der Waals surface area contributed by atoms with Gasteiger partial charge in [-0.3, -0.25) is 9.59 Å². The minimum absolute atomic E-state index is 0.0401. The summed E-state index contributed by atoms with van der Waals surface area (Å²) in [6, 6.07) is 4.12. The fourth-order valence-corrected chi connectivity index (χ4v) is 1.65. The molecule has 0 atom stereocenters. The maximum atomic E-state index is 12.0. The molecule has 0 radical (unpaired) electrons. The van der Waals surface area contributed by atoms with Crippen LogP contribution in [-0.4, -0.2) is 23.3 Å². The van der Waals surface area contributed by atoms with E-state index in [1.54, 1.807) is 0 Å². The van der Waals surface area contributed by atoms with E-state index in [2.05, 4.69) is 0 Å². The van der Waals surface area contributed by atoms with Crippen molar-refractivity contribution in [1.82, 2.24) is 0 Å². The van der Waals surface area contributed by atoms with E-state index in [0.717, 1.165) is 6.42 Å². The molecule has 1 N–H and O–H groups in total. The summed E-state index contributed by atoms with van der Waals surface area (Å²) in [5.74, 6) is -0.619. The lowest BCUT2D eigenvalue weighted by molar-refractivity contribution is 0.0883. The van der Waals surface area contributed by atoms with Gasteiger partial charge < -0.3 is 9.84 Å². The summed E-state index contributed by atoms with van der Waals surface area (Å²) in [6.45, 7) is 2.30. The monoisotopic (exact) mass is 232 g/mol. The average Bonchev–Trinajstić information content (AvgIpc) is 2.32. The molecule has 0 bridgehead atoms. The maximum absolute atomic E-state index is 12.0. The average molecular weight is 232 g/mol. The highest BCUT2D eigenvalue weighted by Gasteiger charge is 2.26. The van der Waals surface area contributed by atoms with Gasteiger partial charge in [0.1, 0.15) is 5.75 Å². The first-order valence-electron chi connectivity index (χ1n) is 5.40. The summed E-state index contributed by atoms with van der Waals surface area (Å²) in [6.07, 6.45) is 1.96. The third-order valence-electron chi connectivity index (χ3n) is 2.46. The summed E-state index contributed by atoms with van der Waals surface area (Å²) in [4.78, 5) is 23.7. The Morgan fingerprint density at radius 3 is 2.71 bits per heavy atom. The molecule has 0 spiro atoms. The van der Waals surface area contributed by atoms with Gasteiger partial charge in [-0.25, -0.2) is 0 Å². The van der Waals surface area contributed by atoms with Crippen molar-refractivity contribution in [3.05, 3.63) is 41.2 Å². The minimum atomic E-state index is -0.357. The molecule has 0 amide bonds. The Morgan fingerprint density at radius 1 is 1.24 bits per heavy atom. The first kappa shape index (κ1) is 11.4. The lowest BCUT2D eigenvalue weighted by Crippen LogP contribution is -2.18. The number of phenolic OH excluding ortho intramolecular Hbond substituents is 1. The highest BCUT2D eigenvalue weighted by Crippen LogP contribution is 2.25. The van der Waals surface area contributed by atoms with Crippen molar-refractivity contribution in [2.45, 2.75) is 13.3 Å². The highest BCUT2D eigenvalue weighted by molar-refractivity contribution is 6.23. The summed E-state index contributed by atoms with van der Waals surface area (Å²) in [5, 5.41) is 9.33. The SMILES string of the molecule is CCCOC1=CC(=O)c2ccc(O)cc2C1=O. The molecule has 0 heterocycles. The molecule has 0 saturated heterocycles. The maximum Gasteiger partial charge on any atom is 0.228 e. The van der Waals surface area contributed by atoms with E-state index < -0.39 is 0 Å². The van der Waals surface area contributed by atoms with Crippen LogP contribution in [0.2, 0.25) is 0 Å². The summed E-state index contributed by atoms with van der Waals surface area (Å²) in [5.41, 5.74) is 0.500. The number of allylic oxidation sites excluding steroid dienone is 2. The molecule has 0 unspecified atom stereocenters. The predicted octanol–water partition coefficient (Wildman–Crippen LogP) is 2.08. The molecule has 1 aromatic rings. The number of benzene rings is 1. The molecule has 1 aliphatic rings. The van der Waals surface area contributed by atoms with Crippen molar-refractivity contribution in [2.24, 2.45) is 0 Å². The zero-order valence-corrected chi connectivity index (χ0v) is 9.40. The Bertz CT molecular complexity index is 514. The van der Waals surface area contributed by atoms with E-state index in [0.29, 0.717) is 12.2 Å². The molecule has 0 saturated carbocycles. The second kappa shape index (κ2) is 4.41. The quantitative estimate of drug-likeness (QED) is 0.866. The van der Waals surface area contributed by atoms with E-state index in [9.17, 15) is 14.7 Å². The summed E-state index contributed by atoms with van der Waals surface area (Å²) < 4.78 is 5.22. The second-order valence-electron chi connectivity index (χ2n) is 3.78. The Hall–Kier alpha value is -2.10. The largest absolute Gasteiger partial charge is 0.508 e. The zero-order chi connectivity index (χ0) is 12.4. The Morgan fingerprint density at radius 2 is 2.00 bits per heavy atom. The Balaban J connectivity index is 2.40. The van der Waals surface area contributed by atoms with Crippen molar-refractivity contribution in [2.75, 3.05) is 6.61 Å². The lowest BCUT2D eigenvalue weighted by atomic mass is 9.93. The van der Waals surface area contributed by atoms with Crippen LogP contribution >= 0.6 is 0 Å². The van der Waals surface area contributed by atoms with E-state index in [1.807, 2.05) is 6.92 Å². The number of Topliss-reactive ketones (excluding diaryl/α,β-unsaturated/α-hetero) is 1. The number of rotatable bonds is 3. The molecule has 0 aromatic heterocycles. The third-order valence-corrected chi connectivity index (χ3v) is 2.46. The molecule has 4 heteroatoms. The van der Waals surface area contributed by atoms with Gasteiger partial charge in [0, 0.05) is 17.2 Å². The lowest BCUT2D eigenvalue weighted by Gasteiger charge is -2.15. The van der Waals surface area contributed by atoms with Crippen LogP contribution in [0.15, 0.2) is 30.0 Å². The van der Waals surface area contributed by atoms with Gasteiger partial charge in [0.25, 0.3) is 0 Å². The summed E-state index contributed by atoms with van der Waals surface area (Å²) in [7, 11) is 0. The molecule has 1 aromatic carbocycles. The standard InChI is InChI=1S/C13H12O4/c1-2-5-17-12-7-11(15)9-4-3-8(14)6-10(9)13(12)16/h3-4,6-7,14H,2,5H2,1H3. The third kappa shape index (κ3) is 2.06. The van der Waals surface area contributed by atoms with Gasteiger partial charge in [-0.05, 0) is 24.6 Å². The van der Waals surface area contributed by atoms with E-state index in [1.165, 1.54) is 24.3 Å². The number of fused-ring (bicyclic) bond motifs is 1. The normalized spacial score (nSPS) is 14.3. The Kier molecular flexibility index (Phi) is 2.95. The van der Waals surface area contributed by atoms with E-state index >= 15 is 0 Å². The van der Waals surface area contributed by atoms with Gasteiger partial charge in [0.2, 0.25) is 5.78 Å². The molecule has 1 aliphatic carbocycles. The fraction of sp³-hybridized carbons (Fsp3) is 0.231. The van der Waals surface area contributed by atoms with Gasteiger partial charge in [-0.2, -0.15) is 0 Å². The van der Waals surface area contributed by atoms with Crippen molar-refractivity contribution in [3.8, 4) is 5.75 Å². The number of hydrogen-bond donors (Lipinski definition) is 1. The predicted molar refractivity (Wildman–Crippen MR) is 61.1 cm³/mol. The number of ether oxygens (including phenoxy) is 1. The van der Waals surface area contributed by atoms with Crippen LogP contribution < -0.4 is 0 Å². The number of hydrogen-bond acceptors (Lipinski definition) is 4. The fourth-order valence-electron chi connectivity index (χ4n) is 1.65. The van der Waals surface area contributed by atoms with Crippen LogP contribution in [0.4, 0.5) is 0 Å². The van der Waals surface area contributed by atoms with Crippen LogP contribution in [-0.2, 0) is 4.74 Å². The number of phenols is 1. The first-order chi connectivity index (χ1) is 8.13. The number of ketones is 2.